The molecule has 0 radical (unpaired) electrons. The number of carboxylic acids is 1. The van der Waals surface area contributed by atoms with Crippen molar-refractivity contribution in [1.29, 1.82) is 0 Å². The second-order valence-corrected chi connectivity index (χ2v) is 3.78. The maximum atomic E-state index is 13.1. The topological polar surface area (TPSA) is 53.1 Å². The van der Waals surface area contributed by atoms with E-state index < -0.39 is 23.5 Å². The van der Waals surface area contributed by atoms with E-state index in [0.717, 1.165) is 12.3 Å². The maximum Gasteiger partial charge on any atom is 0.419 e. The van der Waals surface area contributed by atoms with Gasteiger partial charge in [-0.3, -0.25) is 0 Å². The lowest BCUT2D eigenvalue weighted by atomic mass is 10.0. The van der Waals surface area contributed by atoms with E-state index in [1.807, 2.05) is 0 Å². The Labute approximate surface area is 104 Å². The molecule has 0 spiro atoms. The fourth-order valence-corrected chi connectivity index (χ4v) is 1.69. The van der Waals surface area contributed by atoms with Crippen molar-refractivity contribution in [3.8, 4) is 11.1 Å². The summed E-state index contributed by atoms with van der Waals surface area (Å²) in [5.74, 6) is -2.68. The normalized spacial score (nSPS) is 11.6. The monoisotopic (exact) mass is 273 g/mol. The maximum absolute atomic E-state index is 13.1. The summed E-state index contributed by atoms with van der Waals surface area (Å²) in [5, 5.41) is 8.88. The van der Waals surface area contributed by atoms with Crippen molar-refractivity contribution in [3.05, 3.63) is 47.5 Å². The first-order valence-corrected chi connectivity index (χ1v) is 5.08. The molecule has 19 heavy (non-hydrogen) atoms. The van der Waals surface area contributed by atoms with Crippen LogP contribution in [0.15, 0.2) is 30.6 Å². The van der Waals surface area contributed by atoms with Gasteiger partial charge in [0.25, 0.3) is 0 Å². The van der Waals surface area contributed by atoms with Crippen LogP contribution in [0.2, 0.25) is 0 Å². The zero-order chi connectivity index (χ0) is 14.2. The number of carbonyl (C=O) groups is 1. The van der Waals surface area contributed by atoms with E-state index in [-0.39, 0.29) is 16.7 Å². The predicted octanol–water partition coefficient (Wildman–Crippen LogP) is 3.54. The number of hydrogen-bond acceptors (Lipinski definition) is 1. The van der Waals surface area contributed by atoms with Crippen LogP contribution in [0.4, 0.5) is 17.6 Å². The van der Waals surface area contributed by atoms with Crippen molar-refractivity contribution in [3.63, 3.8) is 0 Å². The third kappa shape index (κ3) is 2.44. The number of aromatic carboxylic acids is 1. The van der Waals surface area contributed by atoms with Gasteiger partial charge in [-0.05, 0) is 17.7 Å². The highest BCUT2D eigenvalue weighted by atomic mass is 19.4. The molecule has 7 heteroatoms. The number of carboxylic acid groups (broad SMARTS) is 1. The van der Waals surface area contributed by atoms with E-state index in [1.54, 1.807) is 0 Å². The van der Waals surface area contributed by atoms with E-state index in [9.17, 15) is 22.4 Å². The molecular weight excluding hydrogens is 266 g/mol. The van der Waals surface area contributed by atoms with Crippen LogP contribution in [0.5, 0.6) is 0 Å². The number of aromatic nitrogens is 1. The average Bonchev–Trinajstić information content (AvgIpc) is 2.77. The van der Waals surface area contributed by atoms with Crippen LogP contribution in [0.3, 0.4) is 0 Å². The van der Waals surface area contributed by atoms with Crippen molar-refractivity contribution in [1.82, 2.24) is 4.98 Å². The molecule has 1 aromatic carbocycles. The van der Waals surface area contributed by atoms with E-state index in [1.165, 1.54) is 6.20 Å². The molecule has 0 saturated carbocycles. The molecule has 0 aliphatic heterocycles. The number of nitrogens with one attached hydrogen (secondary N) is 1. The zero-order valence-electron chi connectivity index (χ0n) is 9.25. The fraction of sp³-hybridized carbons (Fsp3) is 0.0833. The molecule has 2 rings (SSSR count). The van der Waals surface area contributed by atoms with E-state index in [2.05, 4.69) is 4.98 Å². The lowest BCUT2D eigenvalue weighted by Crippen LogP contribution is -2.08. The molecule has 0 aliphatic carbocycles. The fourth-order valence-electron chi connectivity index (χ4n) is 1.69. The van der Waals surface area contributed by atoms with Gasteiger partial charge in [0.15, 0.2) is 0 Å². The molecule has 0 aliphatic rings. The number of benzene rings is 1. The van der Waals surface area contributed by atoms with Gasteiger partial charge in [0, 0.05) is 18.0 Å². The van der Waals surface area contributed by atoms with E-state index in [0.29, 0.717) is 12.1 Å². The van der Waals surface area contributed by atoms with Crippen LogP contribution in [0.1, 0.15) is 15.9 Å². The van der Waals surface area contributed by atoms with Gasteiger partial charge in [0.05, 0.1) is 11.1 Å². The third-order valence-electron chi connectivity index (χ3n) is 2.56. The first-order chi connectivity index (χ1) is 8.80. The minimum absolute atomic E-state index is 0.0209. The quantitative estimate of drug-likeness (QED) is 0.822. The summed E-state index contributed by atoms with van der Waals surface area (Å²) in [4.78, 5) is 13.4. The van der Waals surface area contributed by atoms with Crippen LogP contribution >= 0.6 is 0 Å². The standard InChI is InChI=1S/C12H7F4NO2/c13-10-2-1-6(3-9(10)12(14,15)16)7-4-17-5-8(7)11(18)19/h1-5,17H,(H,18,19). The Morgan fingerprint density at radius 2 is 1.89 bits per heavy atom. The molecule has 0 saturated heterocycles. The molecule has 0 fully saturated rings. The number of aromatic amines is 1. The smallest absolute Gasteiger partial charge is 0.419 e. The third-order valence-corrected chi connectivity index (χ3v) is 2.56. The summed E-state index contributed by atoms with van der Waals surface area (Å²) in [6.07, 6.45) is -2.44. The molecule has 0 unspecified atom stereocenters. The molecule has 100 valence electrons. The Balaban J connectivity index is 2.58. The van der Waals surface area contributed by atoms with Crippen LogP contribution in [0, 0.1) is 5.82 Å². The highest BCUT2D eigenvalue weighted by Gasteiger charge is 2.34. The Bertz CT molecular complexity index is 631. The van der Waals surface area contributed by atoms with Crippen LogP contribution in [-0.4, -0.2) is 16.1 Å². The van der Waals surface area contributed by atoms with Crippen LogP contribution in [0.25, 0.3) is 11.1 Å². The Hall–Kier alpha value is -2.31. The second kappa shape index (κ2) is 4.42. The molecule has 0 amide bonds. The van der Waals surface area contributed by atoms with Gasteiger partial charge in [0.1, 0.15) is 5.82 Å². The van der Waals surface area contributed by atoms with Gasteiger partial charge in [-0.2, -0.15) is 13.2 Å². The van der Waals surface area contributed by atoms with Crippen molar-refractivity contribution >= 4 is 5.97 Å². The lowest BCUT2D eigenvalue weighted by molar-refractivity contribution is -0.139. The SMILES string of the molecule is O=C(O)c1c[nH]cc1-c1ccc(F)c(C(F)(F)F)c1. The highest BCUT2D eigenvalue weighted by molar-refractivity contribution is 5.95. The van der Waals surface area contributed by atoms with E-state index in [4.69, 9.17) is 5.11 Å². The first kappa shape index (κ1) is 13.1. The van der Waals surface area contributed by atoms with E-state index >= 15 is 0 Å². The highest BCUT2D eigenvalue weighted by Crippen LogP contribution is 2.35. The molecule has 3 nitrogen and oxygen atoms in total. The Morgan fingerprint density at radius 1 is 1.21 bits per heavy atom. The number of alkyl halides is 3. The van der Waals surface area contributed by atoms with Crippen molar-refractivity contribution in [2.45, 2.75) is 6.18 Å². The number of hydrogen-bond donors (Lipinski definition) is 2. The molecule has 2 N–H and O–H groups in total. The van der Waals surface area contributed by atoms with Gasteiger partial charge in [-0.25, -0.2) is 9.18 Å². The van der Waals surface area contributed by atoms with Gasteiger partial charge in [-0.15, -0.1) is 0 Å². The summed E-state index contributed by atoms with van der Waals surface area (Å²) in [5.41, 5.74) is -1.56. The number of halogens is 4. The minimum atomic E-state index is -4.83. The van der Waals surface area contributed by atoms with Gasteiger partial charge >= 0.3 is 12.1 Å². The van der Waals surface area contributed by atoms with Crippen molar-refractivity contribution < 1.29 is 27.5 Å². The Morgan fingerprint density at radius 3 is 2.47 bits per heavy atom. The second-order valence-electron chi connectivity index (χ2n) is 3.78. The first-order valence-electron chi connectivity index (χ1n) is 5.08. The minimum Gasteiger partial charge on any atom is -0.478 e. The molecule has 0 atom stereocenters. The number of H-pyrrole nitrogens is 1. The Kier molecular flexibility index (Phi) is 3.05. The summed E-state index contributed by atoms with van der Waals surface area (Å²) in [7, 11) is 0. The largest absolute Gasteiger partial charge is 0.478 e. The molecule has 1 heterocycles. The van der Waals surface area contributed by atoms with Gasteiger partial charge in [0.2, 0.25) is 0 Å². The lowest BCUT2D eigenvalue weighted by Gasteiger charge is -2.10. The zero-order valence-corrected chi connectivity index (χ0v) is 9.25. The molecular formula is C12H7F4NO2. The molecule has 0 bridgehead atoms. The van der Waals surface area contributed by atoms with Crippen molar-refractivity contribution in [2.24, 2.45) is 0 Å². The summed E-state index contributed by atoms with van der Waals surface area (Å²) in [6.45, 7) is 0. The molecule has 1 aromatic heterocycles. The van der Waals surface area contributed by atoms with Gasteiger partial charge in [-0.1, -0.05) is 6.07 Å². The van der Waals surface area contributed by atoms with Crippen LogP contribution in [-0.2, 0) is 6.18 Å². The van der Waals surface area contributed by atoms with Crippen LogP contribution < -0.4 is 0 Å². The van der Waals surface area contributed by atoms with Gasteiger partial charge < -0.3 is 10.1 Å². The summed E-state index contributed by atoms with van der Waals surface area (Å²) in [6, 6.07) is 2.35. The molecule has 2 aromatic rings. The average molecular weight is 273 g/mol. The summed E-state index contributed by atoms with van der Waals surface area (Å²) < 4.78 is 50.8. The summed E-state index contributed by atoms with van der Waals surface area (Å²) >= 11 is 0. The predicted molar refractivity (Wildman–Crippen MR) is 58.1 cm³/mol. The van der Waals surface area contributed by atoms with Crippen molar-refractivity contribution in [2.75, 3.05) is 0 Å². The number of rotatable bonds is 2.